The Morgan fingerprint density at radius 2 is 1.68 bits per heavy atom. The van der Waals surface area contributed by atoms with E-state index in [0.29, 0.717) is 4.57 Å². The van der Waals surface area contributed by atoms with E-state index in [1.54, 1.807) is 0 Å². The number of hydrogen-bond acceptors (Lipinski definition) is 17. The van der Waals surface area contributed by atoms with Gasteiger partial charge in [-0.3, -0.25) is 51.3 Å². The molecule has 2 unspecified atom stereocenters. The Labute approximate surface area is 258 Å². The van der Waals surface area contributed by atoms with E-state index >= 15 is 0 Å². The highest BCUT2D eigenvalue weighted by Gasteiger charge is 2.59. The number of H-pyrrole nitrogens is 2. The van der Waals surface area contributed by atoms with Gasteiger partial charge in [-0.2, -0.15) is 4.98 Å². The number of nitrogens with one attached hydrogen (secondary N) is 2. The maximum atomic E-state index is 13.1. The highest BCUT2D eigenvalue weighted by molar-refractivity contribution is 7.48. The monoisotopic (exact) mass is 731 g/mol. The van der Waals surface area contributed by atoms with E-state index in [2.05, 4.69) is 19.5 Å². The number of aliphatic hydroxyl groups is 1. The van der Waals surface area contributed by atoms with Gasteiger partial charge in [0, 0.05) is 12.3 Å². The average Bonchev–Trinajstić information content (AvgIpc) is 3.67. The number of anilines is 1. The molecular formula is C19H24N7O18P3. The molecule has 47 heavy (non-hydrogen) atoms. The zero-order chi connectivity index (χ0) is 34.1. The molecule has 0 aliphatic carbocycles. The molecule has 0 radical (unpaired) electrons. The number of aliphatic hydroxyl groups excluding tert-OH is 1. The fraction of sp³-hybridized carbons (Fsp3) is 0.526. The third-order valence-corrected chi connectivity index (χ3v) is 9.51. The van der Waals surface area contributed by atoms with Gasteiger partial charge in [-0.1, -0.05) is 0 Å². The van der Waals surface area contributed by atoms with Crippen molar-refractivity contribution in [2.24, 2.45) is 0 Å². The zero-order valence-electron chi connectivity index (χ0n) is 23.0. The van der Waals surface area contributed by atoms with Crippen molar-refractivity contribution in [2.45, 2.75) is 49.1 Å². The number of ether oxygens (including phenoxy) is 2. The number of phosphoric ester groups is 3. The normalized spacial score (nSPS) is 33.7. The Morgan fingerprint density at radius 3 is 2.38 bits per heavy atom. The van der Waals surface area contributed by atoms with Crippen molar-refractivity contribution < 1.29 is 70.5 Å². The highest BCUT2D eigenvalue weighted by Crippen LogP contribution is 2.59. The maximum Gasteiger partial charge on any atom is 0.473 e. The van der Waals surface area contributed by atoms with Gasteiger partial charge in [0.2, 0.25) is 5.95 Å². The summed E-state index contributed by atoms with van der Waals surface area (Å²) in [4.78, 5) is 86.8. The van der Waals surface area contributed by atoms with Crippen LogP contribution < -0.4 is 22.5 Å². The fourth-order valence-corrected chi connectivity index (χ4v) is 7.58. The summed E-state index contributed by atoms with van der Waals surface area (Å²) in [5.74, 6) is -0.288. The van der Waals surface area contributed by atoms with Crippen molar-refractivity contribution in [1.29, 1.82) is 0 Å². The van der Waals surface area contributed by atoms with Gasteiger partial charge >= 0.3 is 29.2 Å². The molecule has 0 spiro atoms. The molecule has 3 aromatic heterocycles. The highest BCUT2D eigenvalue weighted by atomic mass is 31.2. The van der Waals surface area contributed by atoms with E-state index in [0.717, 1.165) is 23.2 Å². The molecule has 0 aromatic carbocycles. The second-order valence-electron chi connectivity index (χ2n) is 10.1. The van der Waals surface area contributed by atoms with Crippen molar-refractivity contribution in [3.05, 3.63) is 49.8 Å². The molecule has 3 saturated heterocycles. The molecule has 0 amide bonds. The van der Waals surface area contributed by atoms with Crippen molar-refractivity contribution in [3.63, 3.8) is 0 Å². The topological polar surface area (TPSA) is 361 Å². The Balaban J connectivity index is 1.21. The van der Waals surface area contributed by atoms with E-state index in [9.17, 15) is 43.0 Å². The van der Waals surface area contributed by atoms with Crippen molar-refractivity contribution in [3.8, 4) is 0 Å². The van der Waals surface area contributed by atoms with Crippen LogP contribution in [-0.4, -0.2) is 104 Å². The minimum absolute atomic E-state index is 0.106. The third-order valence-electron chi connectivity index (χ3n) is 7.02. The summed E-state index contributed by atoms with van der Waals surface area (Å²) in [5.41, 5.74) is 2.77. The minimum Gasteiger partial charge on any atom is -0.386 e. The first-order valence-electron chi connectivity index (χ1n) is 13.0. The van der Waals surface area contributed by atoms with E-state index in [1.807, 2.05) is 4.98 Å². The number of aromatic amines is 2. The van der Waals surface area contributed by atoms with Gasteiger partial charge in [-0.15, -0.1) is 0 Å². The van der Waals surface area contributed by atoms with Gasteiger partial charge in [0.1, 0.15) is 36.6 Å². The molecule has 0 bridgehead atoms. The molecule has 258 valence electrons. The molecular weight excluding hydrogens is 707 g/mol. The summed E-state index contributed by atoms with van der Waals surface area (Å²) in [6.07, 6.45) is -10.9. The second-order valence-corrected chi connectivity index (χ2v) is 14.1. The van der Waals surface area contributed by atoms with Gasteiger partial charge in [-0.05, 0) is 0 Å². The predicted octanol–water partition coefficient (Wildman–Crippen LogP) is -3.10. The molecule has 25 nitrogen and oxygen atoms in total. The third kappa shape index (κ3) is 6.96. The number of imidazole rings is 1. The summed E-state index contributed by atoms with van der Waals surface area (Å²) in [6, 6.07) is 0.894. The Bertz CT molecular complexity index is 2010. The van der Waals surface area contributed by atoms with Gasteiger partial charge in [-0.25, -0.2) is 23.5 Å². The molecule has 28 heteroatoms. The van der Waals surface area contributed by atoms with Crippen LogP contribution in [0.3, 0.4) is 0 Å². The van der Waals surface area contributed by atoms with Crippen molar-refractivity contribution in [1.82, 2.24) is 29.1 Å². The maximum absolute atomic E-state index is 13.1. The lowest BCUT2D eigenvalue weighted by atomic mass is 10.1. The molecule has 0 saturated carbocycles. The lowest BCUT2D eigenvalue weighted by molar-refractivity contribution is -0.0642. The smallest absolute Gasteiger partial charge is 0.386 e. The SMILES string of the molecule is Nc1nc2c(ncn2[C@@H]2O[C@H](COP(=O)(O)O[C@H]3[C@@H](O)[C@H](n4ccc(=O)[nH]c4=O)O[C@@H]3COP(=O)(O)O)[C@H]3OP(=O)(O)O[C@H]32)c(=O)[nH]1. The van der Waals surface area contributed by atoms with Crippen LogP contribution in [0.25, 0.3) is 11.2 Å². The van der Waals surface area contributed by atoms with Crippen LogP contribution in [0.5, 0.6) is 0 Å². The number of nitrogens with two attached hydrogens (primary N) is 1. The summed E-state index contributed by atoms with van der Waals surface area (Å²) >= 11 is 0. The molecule has 3 fully saturated rings. The van der Waals surface area contributed by atoms with Crippen LogP contribution in [0.1, 0.15) is 12.5 Å². The Morgan fingerprint density at radius 1 is 1.00 bits per heavy atom. The molecule has 3 aliphatic rings. The van der Waals surface area contributed by atoms with Crippen molar-refractivity contribution >= 4 is 40.6 Å². The first-order chi connectivity index (χ1) is 21.9. The number of nitrogens with zero attached hydrogens (tertiary/aromatic N) is 4. The standard InChI is InChI=1S/C19H24N7O18P3/c20-18-23-14-9(15(29)24-18)21-5-26(14)17-13-12(43-47(36,37)44-13)7(41-17)4-39-46(34,35)42-11-6(3-38-45(31,32)33)40-16(10(11)28)25-2-1-8(27)22-19(25)30/h1-2,5-7,10-13,16-17,28H,3-4H2,(H,34,35)(H,36,37)(H,22,27,30)(H2,31,32,33)(H3,20,23,24,29)/t6-,7-,10-,11-,12-,13-,16-,17-/m1/s1. The van der Waals surface area contributed by atoms with Gasteiger partial charge in [0.25, 0.3) is 11.1 Å². The molecule has 6 rings (SSSR count). The lowest BCUT2D eigenvalue weighted by Gasteiger charge is -2.24. The van der Waals surface area contributed by atoms with Gasteiger partial charge in [0.15, 0.2) is 23.6 Å². The first kappa shape index (κ1) is 33.9. The average molecular weight is 731 g/mol. The molecule has 3 aliphatic heterocycles. The summed E-state index contributed by atoms with van der Waals surface area (Å²) in [7, 11) is -15.1. The molecule has 9 N–H and O–H groups in total. The van der Waals surface area contributed by atoms with Crippen LogP contribution in [0, 0.1) is 0 Å². The largest absolute Gasteiger partial charge is 0.473 e. The second kappa shape index (κ2) is 12.2. The number of nitrogen functional groups attached to an aromatic ring is 1. The number of hydrogen-bond donors (Lipinski definition) is 8. The predicted molar refractivity (Wildman–Crippen MR) is 146 cm³/mol. The number of rotatable bonds is 10. The van der Waals surface area contributed by atoms with E-state index in [4.69, 9.17) is 43.1 Å². The number of aromatic nitrogens is 6. The van der Waals surface area contributed by atoms with Gasteiger partial charge in [0.05, 0.1) is 19.5 Å². The Hall–Kier alpha value is -2.96. The molecule has 3 aromatic rings. The Kier molecular flexibility index (Phi) is 8.79. The quantitative estimate of drug-likeness (QED) is 0.0957. The first-order valence-corrected chi connectivity index (χ1v) is 17.5. The van der Waals surface area contributed by atoms with E-state index in [-0.39, 0.29) is 17.1 Å². The van der Waals surface area contributed by atoms with Crippen LogP contribution >= 0.6 is 23.5 Å². The number of phosphoric acid groups is 3. The molecule has 6 heterocycles. The van der Waals surface area contributed by atoms with Crippen molar-refractivity contribution in [2.75, 3.05) is 18.9 Å². The summed E-state index contributed by atoms with van der Waals surface area (Å²) in [6.45, 7) is -1.91. The summed E-state index contributed by atoms with van der Waals surface area (Å²) in [5, 5.41) is 10.9. The van der Waals surface area contributed by atoms with Crippen LogP contribution in [-0.2, 0) is 45.8 Å². The fourth-order valence-electron chi connectivity index (χ4n) is 5.13. The zero-order valence-corrected chi connectivity index (χ0v) is 25.7. The van der Waals surface area contributed by atoms with E-state index < -0.39 is 103 Å². The summed E-state index contributed by atoms with van der Waals surface area (Å²) < 4.78 is 74.5. The molecule has 10 atom stereocenters. The lowest BCUT2D eigenvalue weighted by Crippen LogP contribution is -2.39. The van der Waals surface area contributed by atoms with Gasteiger partial charge < -0.3 is 39.9 Å². The number of fused-ring (bicyclic) bond motifs is 2. The van der Waals surface area contributed by atoms with E-state index in [1.165, 1.54) is 0 Å². The minimum atomic E-state index is -5.31. The van der Waals surface area contributed by atoms with Crippen LogP contribution in [0.15, 0.2) is 33.0 Å². The van der Waals surface area contributed by atoms with Crippen LogP contribution in [0.2, 0.25) is 0 Å². The van der Waals surface area contributed by atoms with Crippen LogP contribution in [0.4, 0.5) is 5.95 Å².